The average molecular weight is 250 g/mol. The van der Waals surface area contributed by atoms with E-state index in [0.717, 1.165) is 42.0 Å². The molecule has 0 unspecified atom stereocenters. The van der Waals surface area contributed by atoms with Crippen molar-refractivity contribution in [2.45, 2.75) is 19.9 Å². The van der Waals surface area contributed by atoms with Crippen molar-refractivity contribution in [2.75, 3.05) is 11.4 Å². The van der Waals surface area contributed by atoms with Crippen LogP contribution >= 0.6 is 0 Å². The largest absolute Gasteiger partial charge is 0.366 e. The number of benzene rings is 1. The molecule has 0 amide bonds. The highest BCUT2D eigenvalue weighted by Crippen LogP contribution is 2.27. The lowest BCUT2D eigenvalue weighted by Crippen LogP contribution is -2.31. The number of nitriles is 1. The van der Waals surface area contributed by atoms with Crippen LogP contribution in [-0.4, -0.2) is 16.5 Å². The van der Waals surface area contributed by atoms with Crippen LogP contribution in [-0.2, 0) is 13.0 Å². The minimum Gasteiger partial charge on any atom is -0.366 e. The van der Waals surface area contributed by atoms with E-state index in [-0.39, 0.29) is 0 Å². The van der Waals surface area contributed by atoms with Crippen LogP contribution in [0, 0.1) is 18.3 Å². The number of hydrogen-bond acceptors (Lipinski definition) is 4. The molecule has 1 aliphatic heterocycles. The van der Waals surface area contributed by atoms with E-state index in [1.807, 2.05) is 25.3 Å². The highest BCUT2D eigenvalue weighted by atomic mass is 15.1. The minimum atomic E-state index is 0.743. The van der Waals surface area contributed by atoms with Crippen molar-refractivity contribution in [2.24, 2.45) is 0 Å². The highest BCUT2D eigenvalue weighted by molar-refractivity contribution is 5.60. The van der Waals surface area contributed by atoms with E-state index >= 15 is 0 Å². The van der Waals surface area contributed by atoms with Crippen LogP contribution in [0.25, 0.3) is 0 Å². The lowest BCUT2D eigenvalue weighted by Gasteiger charge is -2.31. The van der Waals surface area contributed by atoms with Gasteiger partial charge in [-0.05, 0) is 24.6 Å². The standard InChI is InChI=1S/C15H14N4/c1-11-12(7-16)3-2-4-15(11)19-6-5-14-13(9-19)8-17-10-18-14/h2-4,8,10H,5-6,9H2,1H3. The van der Waals surface area contributed by atoms with Crippen LogP contribution in [0.15, 0.2) is 30.7 Å². The van der Waals surface area contributed by atoms with Crippen molar-refractivity contribution >= 4 is 5.69 Å². The van der Waals surface area contributed by atoms with E-state index in [4.69, 9.17) is 5.26 Å². The van der Waals surface area contributed by atoms with Crippen LogP contribution in [0.2, 0.25) is 0 Å². The molecule has 19 heavy (non-hydrogen) atoms. The number of fused-ring (bicyclic) bond motifs is 1. The molecule has 0 saturated carbocycles. The molecule has 1 aliphatic rings. The molecule has 0 bridgehead atoms. The summed E-state index contributed by atoms with van der Waals surface area (Å²) in [5, 5.41) is 9.11. The van der Waals surface area contributed by atoms with Gasteiger partial charge >= 0.3 is 0 Å². The number of anilines is 1. The molecular formula is C15H14N4. The van der Waals surface area contributed by atoms with Crippen molar-refractivity contribution in [3.05, 3.63) is 53.1 Å². The molecule has 1 aromatic carbocycles. The lowest BCUT2D eigenvalue weighted by atomic mass is 10.0. The molecule has 0 radical (unpaired) electrons. The van der Waals surface area contributed by atoms with Crippen molar-refractivity contribution in [3.63, 3.8) is 0 Å². The van der Waals surface area contributed by atoms with Crippen molar-refractivity contribution < 1.29 is 0 Å². The Morgan fingerprint density at radius 3 is 3.11 bits per heavy atom. The molecule has 2 heterocycles. The summed E-state index contributed by atoms with van der Waals surface area (Å²) in [6.45, 7) is 3.75. The Balaban J connectivity index is 1.96. The van der Waals surface area contributed by atoms with Gasteiger partial charge in [0.05, 0.1) is 17.3 Å². The zero-order valence-electron chi connectivity index (χ0n) is 10.8. The molecule has 0 aliphatic carbocycles. The molecule has 0 atom stereocenters. The first kappa shape index (κ1) is 11.7. The Morgan fingerprint density at radius 2 is 2.26 bits per heavy atom. The summed E-state index contributed by atoms with van der Waals surface area (Å²) in [5.41, 5.74) is 5.24. The second-order valence-corrected chi connectivity index (χ2v) is 4.73. The van der Waals surface area contributed by atoms with Gasteiger partial charge in [0.1, 0.15) is 6.33 Å². The fourth-order valence-electron chi connectivity index (χ4n) is 2.56. The minimum absolute atomic E-state index is 0.743. The zero-order chi connectivity index (χ0) is 13.2. The Bertz CT molecular complexity index is 657. The molecule has 3 rings (SSSR count). The van der Waals surface area contributed by atoms with Crippen LogP contribution < -0.4 is 4.90 Å². The number of aromatic nitrogens is 2. The third-order valence-electron chi connectivity index (χ3n) is 3.63. The van der Waals surface area contributed by atoms with Crippen LogP contribution in [0.1, 0.15) is 22.4 Å². The lowest BCUT2D eigenvalue weighted by molar-refractivity contribution is 0.703. The molecule has 2 aromatic rings. The van der Waals surface area contributed by atoms with Crippen molar-refractivity contribution in [3.8, 4) is 6.07 Å². The maximum absolute atomic E-state index is 9.11. The quantitative estimate of drug-likeness (QED) is 0.778. The van der Waals surface area contributed by atoms with E-state index in [2.05, 4.69) is 27.0 Å². The van der Waals surface area contributed by atoms with E-state index in [0.29, 0.717) is 0 Å². The number of nitrogens with zero attached hydrogens (tertiary/aromatic N) is 4. The molecule has 0 spiro atoms. The first-order chi connectivity index (χ1) is 9.29. The van der Waals surface area contributed by atoms with E-state index < -0.39 is 0 Å². The van der Waals surface area contributed by atoms with Crippen LogP contribution in [0.5, 0.6) is 0 Å². The molecular weight excluding hydrogens is 236 g/mol. The van der Waals surface area contributed by atoms with Gasteiger partial charge in [-0.1, -0.05) is 6.07 Å². The first-order valence-corrected chi connectivity index (χ1v) is 6.32. The molecule has 0 N–H and O–H groups in total. The van der Waals surface area contributed by atoms with Gasteiger partial charge in [0.15, 0.2) is 0 Å². The maximum Gasteiger partial charge on any atom is 0.115 e. The van der Waals surface area contributed by atoms with Gasteiger partial charge in [-0.25, -0.2) is 9.97 Å². The predicted octanol–water partition coefficient (Wildman–Crippen LogP) is 2.22. The van der Waals surface area contributed by atoms with Crippen LogP contribution in [0.3, 0.4) is 0 Å². The summed E-state index contributed by atoms with van der Waals surface area (Å²) in [4.78, 5) is 10.7. The van der Waals surface area contributed by atoms with Gasteiger partial charge in [-0.15, -0.1) is 0 Å². The third-order valence-corrected chi connectivity index (χ3v) is 3.63. The van der Waals surface area contributed by atoms with Gasteiger partial charge in [0.2, 0.25) is 0 Å². The summed E-state index contributed by atoms with van der Waals surface area (Å²) in [5.74, 6) is 0. The monoisotopic (exact) mass is 250 g/mol. The van der Waals surface area contributed by atoms with E-state index in [1.165, 1.54) is 5.56 Å². The second-order valence-electron chi connectivity index (χ2n) is 4.73. The first-order valence-electron chi connectivity index (χ1n) is 6.32. The van der Waals surface area contributed by atoms with Crippen LogP contribution in [0.4, 0.5) is 5.69 Å². The maximum atomic E-state index is 9.11. The zero-order valence-corrected chi connectivity index (χ0v) is 10.8. The van der Waals surface area contributed by atoms with Gasteiger partial charge in [0, 0.05) is 37.0 Å². The van der Waals surface area contributed by atoms with Gasteiger partial charge in [-0.2, -0.15) is 5.26 Å². The second kappa shape index (κ2) is 4.69. The smallest absolute Gasteiger partial charge is 0.115 e. The fraction of sp³-hybridized carbons (Fsp3) is 0.267. The molecule has 4 heteroatoms. The Morgan fingerprint density at radius 1 is 1.37 bits per heavy atom. The fourth-order valence-corrected chi connectivity index (χ4v) is 2.56. The molecule has 94 valence electrons. The molecule has 4 nitrogen and oxygen atoms in total. The Kier molecular flexibility index (Phi) is 2.88. The number of hydrogen-bond donors (Lipinski definition) is 0. The summed E-state index contributed by atoms with van der Waals surface area (Å²) >= 11 is 0. The summed E-state index contributed by atoms with van der Waals surface area (Å²) < 4.78 is 0. The number of rotatable bonds is 1. The third kappa shape index (κ3) is 2.04. The van der Waals surface area contributed by atoms with Gasteiger partial charge in [0.25, 0.3) is 0 Å². The Hall–Kier alpha value is -2.41. The molecule has 0 fully saturated rings. The van der Waals surface area contributed by atoms with Crippen molar-refractivity contribution in [1.29, 1.82) is 5.26 Å². The molecule has 1 aromatic heterocycles. The van der Waals surface area contributed by atoms with Gasteiger partial charge < -0.3 is 4.90 Å². The van der Waals surface area contributed by atoms with Crippen molar-refractivity contribution in [1.82, 2.24) is 9.97 Å². The summed E-state index contributed by atoms with van der Waals surface area (Å²) in [6.07, 6.45) is 4.42. The van der Waals surface area contributed by atoms with E-state index in [1.54, 1.807) is 6.33 Å². The average Bonchev–Trinajstić information content (AvgIpc) is 2.47. The van der Waals surface area contributed by atoms with E-state index in [9.17, 15) is 0 Å². The van der Waals surface area contributed by atoms with Gasteiger partial charge in [-0.3, -0.25) is 0 Å². The SMILES string of the molecule is Cc1c(C#N)cccc1N1CCc2ncncc2C1. The summed E-state index contributed by atoms with van der Waals surface area (Å²) in [7, 11) is 0. The predicted molar refractivity (Wildman–Crippen MR) is 72.7 cm³/mol. The highest BCUT2D eigenvalue weighted by Gasteiger charge is 2.19. The Labute approximate surface area is 112 Å². The molecule has 0 saturated heterocycles. The summed E-state index contributed by atoms with van der Waals surface area (Å²) in [6, 6.07) is 8.12. The normalized spacial score (nSPS) is 13.8. The topological polar surface area (TPSA) is 52.8 Å².